The van der Waals surface area contributed by atoms with Crippen molar-refractivity contribution in [2.75, 3.05) is 17.1 Å². The third-order valence-electron chi connectivity index (χ3n) is 5.11. The largest absolute Gasteiger partial charge is 0.350 e. The minimum Gasteiger partial charge on any atom is -0.350 e. The van der Waals surface area contributed by atoms with Gasteiger partial charge in [-0.05, 0) is 63.1 Å². The first-order valence-corrected chi connectivity index (χ1v) is 14.4. The Kier molecular flexibility index (Phi) is 10.4. The molecule has 2 aromatic rings. The van der Waals surface area contributed by atoms with Crippen molar-refractivity contribution in [1.29, 1.82) is 0 Å². The average molecular weight is 597 g/mol. The summed E-state index contributed by atoms with van der Waals surface area (Å²) < 4.78 is 26.2. The van der Waals surface area contributed by atoms with Gasteiger partial charge in [-0.15, -0.1) is 0 Å². The molecule has 36 heavy (non-hydrogen) atoms. The normalized spacial score (nSPS) is 12.7. The number of hydrogen-bond acceptors (Lipinski definition) is 4. The SMILES string of the molecule is CC[C@H](C(=O)NC(C)(C)C)N(Cc1ccc(Cl)cc1Cl)C(=O)CN(c1ccc(Cl)c(Cl)c1)S(C)(=O)=O. The van der Waals surface area contributed by atoms with Gasteiger partial charge in [-0.1, -0.05) is 59.4 Å². The van der Waals surface area contributed by atoms with E-state index in [9.17, 15) is 18.0 Å². The number of amides is 2. The van der Waals surface area contributed by atoms with Gasteiger partial charge >= 0.3 is 0 Å². The van der Waals surface area contributed by atoms with E-state index < -0.39 is 34.1 Å². The lowest BCUT2D eigenvalue weighted by Gasteiger charge is -2.34. The van der Waals surface area contributed by atoms with Crippen LogP contribution in [0.3, 0.4) is 0 Å². The molecule has 0 saturated heterocycles. The summed E-state index contributed by atoms with van der Waals surface area (Å²) >= 11 is 24.5. The summed E-state index contributed by atoms with van der Waals surface area (Å²) in [5.41, 5.74) is 0.171. The molecule has 1 N–H and O–H groups in total. The molecule has 0 aliphatic heterocycles. The van der Waals surface area contributed by atoms with Crippen LogP contribution in [0.5, 0.6) is 0 Å². The molecule has 0 fully saturated rings. The van der Waals surface area contributed by atoms with Crippen LogP contribution in [0.4, 0.5) is 5.69 Å². The number of sulfonamides is 1. The lowest BCUT2D eigenvalue weighted by molar-refractivity contribution is -0.141. The fourth-order valence-corrected chi connectivity index (χ4v) is 5.06. The highest BCUT2D eigenvalue weighted by atomic mass is 35.5. The van der Waals surface area contributed by atoms with E-state index >= 15 is 0 Å². The van der Waals surface area contributed by atoms with Crippen molar-refractivity contribution in [2.45, 2.75) is 52.2 Å². The van der Waals surface area contributed by atoms with Gasteiger partial charge in [0.25, 0.3) is 0 Å². The topological polar surface area (TPSA) is 86.8 Å². The highest BCUT2D eigenvalue weighted by Crippen LogP contribution is 2.29. The van der Waals surface area contributed by atoms with E-state index in [1.165, 1.54) is 29.2 Å². The first kappa shape index (κ1) is 30.5. The third kappa shape index (κ3) is 8.42. The van der Waals surface area contributed by atoms with Crippen molar-refractivity contribution in [1.82, 2.24) is 10.2 Å². The van der Waals surface area contributed by atoms with Gasteiger partial charge in [0.2, 0.25) is 21.8 Å². The number of rotatable bonds is 9. The van der Waals surface area contributed by atoms with Crippen LogP contribution < -0.4 is 9.62 Å². The predicted octanol–water partition coefficient (Wildman–Crippen LogP) is 5.79. The first-order chi connectivity index (χ1) is 16.5. The summed E-state index contributed by atoms with van der Waals surface area (Å²) in [5.74, 6) is -0.975. The Hall–Kier alpha value is -1.71. The average Bonchev–Trinajstić information content (AvgIpc) is 2.73. The Morgan fingerprint density at radius 1 is 0.972 bits per heavy atom. The number of halogens is 4. The molecular weight excluding hydrogens is 568 g/mol. The number of hydrogen-bond donors (Lipinski definition) is 1. The zero-order valence-corrected chi connectivity index (χ0v) is 24.5. The summed E-state index contributed by atoms with van der Waals surface area (Å²) in [6.45, 7) is 6.65. The second-order valence-corrected chi connectivity index (χ2v) is 12.9. The van der Waals surface area contributed by atoms with Crippen LogP contribution in [-0.2, 0) is 26.2 Å². The fourth-order valence-electron chi connectivity index (χ4n) is 3.46. The van der Waals surface area contributed by atoms with Crippen molar-refractivity contribution in [3.8, 4) is 0 Å². The molecular formula is C24H29Cl4N3O4S. The zero-order valence-electron chi connectivity index (χ0n) is 20.6. The number of benzene rings is 2. The number of nitrogens with zero attached hydrogens (tertiary/aromatic N) is 2. The molecule has 0 aromatic heterocycles. The van der Waals surface area contributed by atoms with Crippen LogP contribution in [0.1, 0.15) is 39.7 Å². The molecule has 0 unspecified atom stereocenters. The molecule has 0 radical (unpaired) electrons. The Morgan fingerprint density at radius 2 is 1.61 bits per heavy atom. The number of carbonyl (C=O) groups is 2. The Labute approximate surface area is 232 Å². The fraction of sp³-hybridized carbons (Fsp3) is 0.417. The van der Waals surface area contributed by atoms with Crippen molar-refractivity contribution in [3.63, 3.8) is 0 Å². The maximum atomic E-state index is 13.7. The van der Waals surface area contributed by atoms with E-state index in [-0.39, 0.29) is 34.6 Å². The summed E-state index contributed by atoms with van der Waals surface area (Å²) in [5, 5.41) is 4.00. The van der Waals surface area contributed by atoms with Crippen molar-refractivity contribution in [2.24, 2.45) is 0 Å². The molecule has 7 nitrogen and oxygen atoms in total. The molecule has 1 atom stereocenters. The minimum atomic E-state index is -3.90. The highest BCUT2D eigenvalue weighted by Gasteiger charge is 2.33. The first-order valence-electron chi connectivity index (χ1n) is 11.0. The maximum Gasteiger partial charge on any atom is 0.244 e. The quantitative estimate of drug-likeness (QED) is 0.397. The molecule has 0 saturated carbocycles. The molecule has 198 valence electrons. The Bertz CT molecular complexity index is 1230. The van der Waals surface area contributed by atoms with Crippen molar-refractivity contribution in [3.05, 3.63) is 62.1 Å². The molecule has 0 aliphatic carbocycles. The molecule has 2 aromatic carbocycles. The van der Waals surface area contributed by atoms with Crippen LogP contribution in [0, 0.1) is 0 Å². The summed E-state index contributed by atoms with van der Waals surface area (Å²) in [6, 6.07) is 8.19. The van der Waals surface area contributed by atoms with Crippen LogP contribution in [0.2, 0.25) is 20.1 Å². The number of nitrogens with one attached hydrogen (secondary N) is 1. The van der Waals surface area contributed by atoms with Crippen LogP contribution in [0.25, 0.3) is 0 Å². The second kappa shape index (κ2) is 12.2. The maximum absolute atomic E-state index is 13.7. The smallest absolute Gasteiger partial charge is 0.244 e. The molecule has 0 bridgehead atoms. The number of carbonyl (C=O) groups excluding carboxylic acids is 2. The van der Waals surface area contributed by atoms with E-state index in [0.717, 1.165) is 10.6 Å². The lowest BCUT2D eigenvalue weighted by atomic mass is 10.1. The molecule has 0 aliphatic rings. The third-order valence-corrected chi connectivity index (χ3v) is 7.58. The van der Waals surface area contributed by atoms with Gasteiger partial charge < -0.3 is 10.2 Å². The molecule has 2 rings (SSSR count). The molecule has 0 heterocycles. The molecule has 2 amide bonds. The highest BCUT2D eigenvalue weighted by molar-refractivity contribution is 7.92. The predicted molar refractivity (Wildman–Crippen MR) is 148 cm³/mol. The van der Waals surface area contributed by atoms with E-state index in [0.29, 0.717) is 15.6 Å². The van der Waals surface area contributed by atoms with Gasteiger partial charge in [-0.25, -0.2) is 8.42 Å². The van der Waals surface area contributed by atoms with Gasteiger partial charge in [0.05, 0.1) is 22.0 Å². The Morgan fingerprint density at radius 3 is 2.11 bits per heavy atom. The second-order valence-electron chi connectivity index (χ2n) is 9.29. The van der Waals surface area contributed by atoms with Crippen molar-refractivity contribution < 1.29 is 18.0 Å². The lowest BCUT2D eigenvalue weighted by Crippen LogP contribution is -2.55. The van der Waals surface area contributed by atoms with E-state index in [1.54, 1.807) is 19.1 Å². The van der Waals surface area contributed by atoms with Gasteiger partial charge in [-0.3, -0.25) is 13.9 Å². The van der Waals surface area contributed by atoms with E-state index in [2.05, 4.69) is 5.32 Å². The standard InChI is InChI=1S/C24H29Cl4N3O4S/c1-6-21(23(33)29-24(2,3)4)30(13-15-7-8-16(25)11-19(15)27)22(32)14-31(36(5,34)35)17-9-10-18(26)20(28)12-17/h7-12,21H,6,13-14H2,1-5H3,(H,29,33)/t21-/m1/s1. The molecule has 0 spiro atoms. The summed E-state index contributed by atoms with van der Waals surface area (Å²) in [7, 11) is -3.90. The van der Waals surface area contributed by atoms with Gasteiger partial charge in [-0.2, -0.15) is 0 Å². The van der Waals surface area contributed by atoms with Gasteiger partial charge in [0, 0.05) is 22.1 Å². The van der Waals surface area contributed by atoms with Gasteiger partial charge in [0.1, 0.15) is 12.6 Å². The minimum absolute atomic E-state index is 0.0378. The van der Waals surface area contributed by atoms with E-state index in [4.69, 9.17) is 46.4 Å². The van der Waals surface area contributed by atoms with Crippen molar-refractivity contribution >= 4 is 73.9 Å². The van der Waals surface area contributed by atoms with Crippen LogP contribution in [-0.4, -0.2) is 49.5 Å². The summed E-state index contributed by atoms with van der Waals surface area (Å²) in [6.07, 6.45) is 1.26. The van der Waals surface area contributed by atoms with Crippen LogP contribution in [0.15, 0.2) is 36.4 Å². The zero-order chi connectivity index (χ0) is 27.4. The molecule has 12 heteroatoms. The van der Waals surface area contributed by atoms with E-state index in [1.807, 2.05) is 20.8 Å². The summed E-state index contributed by atoms with van der Waals surface area (Å²) in [4.78, 5) is 28.2. The van der Waals surface area contributed by atoms with Gasteiger partial charge in [0.15, 0.2) is 0 Å². The van der Waals surface area contributed by atoms with Crippen LogP contribution >= 0.6 is 46.4 Å². The number of anilines is 1. The Balaban J connectivity index is 2.52. The monoisotopic (exact) mass is 595 g/mol.